The second kappa shape index (κ2) is 8.01. The lowest BCUT2D eigenvalue weighted by Gasteiger charge is -2.31. The van der Waals surface area contributed by atoms with Crippen molar-refractivity contribution in [3.8, 4) is 0 Å². The molecule has 5 heteroatoms. The van der Waals surface area contributed by atoms with E-state index in [1.165, 1.54) is 0 Å². The molecular formula is C10H25N3O2. The fourth-order valence-electron chi connectivity index (χ4n) is 1.43. The molecular weight excluding hydrogens is 194 g/mol. The Kier molecular flexibility index (Phi) is 7.90. The maximum absolute atomic E-state index is 9.27. The summed E-state index contributed by atoms with van der Waals surface area (Å²) in [6.07, 6.45) is 0. The highest BCUT2D eigenvalue weighted by atomic mass is 16.5. The van der Waals surface area contributed by atoms with Crippen LogP contribution in [0.5, 0.6) is 0 Å². The lowest BCUT2D eigenvalue weighted by molar-refractivity contribution is 0.0819. The van der Waals surface area contributed by atoms with Crippen LogP contribution in [0.15, 0.2) is 0 Å². The molecule has 0 aliphatic heterocycles. The van der Waals surface area contributed by atoms with Crippen molar-refractivity contribution in [1.82, 2.24) is 9.80 Å². The molecule has 0 spiro atoms. The van der Waals surface area contributed by atoms with E-state index >= 15 is 0 Å². The molecule has 0 heterocycles. The van der Waals surface area contributed by atoms with Crippen molar-refractivity contribution in [2.45, 2.75) is 12.1 Å². The second-order valence-electron chi connectivity index (χ2n) is 4.15. The first kappa shape index (κ1) is 14.8. The predicted molar refractivity (Wildman–Crippen MR) is 61.9 cm³/mol. The smallest absolute Gasteiger partial charge is 0.0629 e. The summed E-state index contributed by atoms with van der Waals surface area (Å²) in [5, 5.41) is 9.27. The van der Waals surface area contributed by atoms with Gasteiger partial charge in [-0.3, -0.25) is 4.90 Å². The molecule has 0 radical (unpaired) electrons. The standard InChI is InChI=1S/C10H25N3O2/c1-12(2)5-6-13(3)10(7-14)9(11)8-15-4/h9-10,14H,5-8,11H2,1-4H3. The summed E-state index contributed by atoms with van der Waals surface area (Å²) in [5.41, 5.74) is 5.91. The fourth-order valence-corrected chi connectivity index (χ4v) is 1.43. The Hall–Kier alpha value is -0.200. The number of ether oxygens (including phenoxy) is 1. The molecule has 0 saturated heterocycles. The highest BCUT2D eigenvalue weighted by Gasteiger charge is 2.21. The van der Waals surface area contributed by atoms with Gasteiger partial charge in [-0.1, -0.05) is 0 Å². The van der Waals surface area contributed by atoms with Crippen LogP contribution in [-0.2, 0) is 4.74 Å². The number of hydrogen-bond donors (Lipinski definition) is 2. The molecule has 0 aromatic heterocycles. The lowest BCUT2D eigenvalue weighted by atomic mass is 10.1. The zero-order valence-electron chi connectivity index (χ0n) is 10.3. The summed E-state index contributed by atoms with van der Waals surface area (Å²) in [5.74, 6) is 0. The first-order chi connectivity index (χ1) is 7.02. The number of likely N-dealkylation sites (N-methyl/N-ethyl adjacent to an activating group) is 2. The molecule has 15 heavy (non-hydrogen) atoms. The van der Waals surface area contributed by atoms with Crippen molar-refractivity contribution in [3.05, 3.63) is 0 Å². The predicted octanol–water partition coefficient (Wildman–Crippen LogP) is -1.19. The number of nitrogens with two attached hydrogens (primary N) is 1. The van der Waals surface area contributed by atoms with Crippen molar-refractivity contribution < 1.29 is 9.84 Å². The zero-order chi connectivity index (χ0) is 11.8. The van der Waals surface area contributed by atoms with Gasteiger partial charge in [0.25, 0.3) is 0 Å². The minimum atomic E-state index is -0.146. The third-order valence-corrected chi connectivity index (χ3v) is 2.51. The van der Waals surface area contributed by atoms with Crippen LogP contribution in [0, 0.1) is 0 Å². The maximum Gasteiger partial charge on any atom is 0.0629 e. The van der Waals surface area contributed by atoms with Crippen LogP contribution in [0.3, 0.4) is 0 Å². The number of aliphatic hydroxyl groups is 1. The van der Waals surface area contributed by atoms with Crippen molar-refractivity contribution >= 4 is 0 Å². The van der Waals surface area contributed by atoms with Gasteiger partial charge in [0.2, 0.25) is 0 Å². The summed E-state index contributed by atoms with van der Waals surface area (Å²) in [6.45, 7) is 2.37. The Morgan fingerprint density at radius 1 is 1.27 bits per heavy atom. The Balaban J connectivity index is 4.02. The van der Waals surface area contributed by atoms with Crippen molar-refractivity contribution in [3.63, 3.8) is 0 Å². The van der Waals surface area contributed by atoms with Gasteiger partial charge in [-0.15, -0.1) is 0 Å². The van der Waals surface area contributed by atoms with Crippen LogP contribution in [-0.4, -0.2) is 81.5 Å². The zero-order valence-corrected chi connectivity index (χ0v) is 10.3. The van der Waals surface area contributed by atoms with E-state index in [0.717, 1.165) is 13.1 Å². The fraction of sp³-hybridized carbons (Fsp3) is 1.00. The number of nitrogens with zero attached hydrogens (tertiary/aromatic N) is 2. The van der Waals surface area contributed by atoms with E-state index in [1.54, 1.807) is 7.11 Å². The molecule has 0 saturated carbocycles. The van der Waals surface area contributed by atoms with Gasteiger partial charge in [0.15, 0.2) is 0 Å². The van der Waals surface area contributed by atoms with Crippen LogP contribution >= 0.6 is 0 Å². The van der Waals surface area contributed by atoms with E-state index in [-0.39, 0.29) is 18.7 Å². The summed E-state index contributed by atoms with van der Waals surface area (Å²) in [7, 11) is 7.64. The summed E-state index contributed by atoms with van der Waals surface area (Å²) >= 11 is 0. The molecule has 0 aliphatic carbocycles. The summed E-state index contributed by atoms with van der Waals surface area (Å²) in [6, 6.07) is -0.183. The second-order valence-corrected chi connectivity index (χ2v) is 4.15. The molecule has 2 unspecified atom stereocenters. The van der Waals surface area contributed by atoms with Crippen LogP contribution in [0.2, 0.25) is 0 Å². The molecule has 0 aromatic rings. The van der Waals surface area contributed by atoms with E-state index in [1.807, 2.05) is 21.1 Å². The molecule has 0 bridgehead atoms. The first-order valence-electron chi connectivity index (χ1n) is 5.23. The quantitative estimate of drug-likeness (QED) is 0.538. The minimum absolute atomic E-state index is 0.0371. The third kappa shape index (κ3) is 6.06. The molecule has 0 amide bonds. The number of methoxy groups -OCH3 is 1. The largest absolute Gasteiger partial charge is 0.395 e. The van der Waals surface area contributed by atoms with Gasteiger partial charge in [0.1, 0.15) is 0 Å². The van der Waals surface area contributed by atoms with Gasteiger partial charge < -0.3 is 20.5 Å². The van der Waals surface area contributed by atoms with Gasteiger partial charge in [0, 0.05) is 32.3 Å². The van der Waals surface area contributed by atoms with Gasteiger partial charge in [-0.05, 0) is 21.1 Å². The van der Waals surface area contributed by atoms with Crippen LogP contribution < -0.4 is 5.73 Å². The van der Waals surface area contributed by atoms with Crippen LogP contribution in [0.25, 0.3) is 0 Å². The highest BCUT2D eigenvalue weighted by Crippen LogP contribution is 2.01. The molecule has 0 rings (SSSR count). The molecule has 3 N–H and O–H groups in total. The summed E-state index contributed by atoms with van der Waals surface area (Å²) < 4.78 is 4.99. The highest BCUT2D eigenvalue weighted by molar-refractivity contribution is 4.80. The molecule has 92 valence electrons. The number of hydrogen-bond acceptors (Lipinski definition) is 5. The van der Waals surface area contributed by atoms with E-state index in [4.69, 9.17) is 10.5 Å². The van der Waals surface area contributed by atoms with E-state index in [9.17, 15) is 5.11 Å². The van der Waals surface area contributed by atoms with Gasteiger partial charge in [0.05, 0.1) is 13.2 Å². The number of aliphatic hydroxyl groups excluding tert-OH is 1. The molecule has 0 aliphatic rings. The minimum Gasteiger partial charge on any atom is -0.395 e. The molecule has 5 nitrogen and oxygen atoms in total. The summed E-state index contributed by atoms with van der Waals surface area (Å²) in [4.78, 5) is 4.18. The Bertz CT molecular complexity index is 156. The molecule has 0 aromatic carbocycles. The maximum atomic E-state index is 9.27. The van der Waals surface area contributed by atoms with Gasteiger partial charge in [-0.25, -0.2) is 0 Å². The topological polar surface area (TPSA) is 62.0 Å². The first-order valence-corrected chi connectivity index (χ1v) is 5.23. The van der Waals surface area contributed by atoms with Crippen molar-refractivity contribution in [2.75, 3.05) is 54.6 Å². The number of rotatable bonds is 8. The van der Waals surface area contributed by atoms with Crippen LogP contribution in [0.1, 0.15) is 0 Å². The van der Waals surface area contributed by atoms with Crippen molar-refractivity contribution in [1.29, 1.82) is 0 Å². The van der Waals surface area contributed by atoms with Crippen molar-refractivity contribution in [2.24, 2.45) is 5.73 Å². The Morgan fingerprint density at radius 2 is 1.87 bits per heavy atom. The Labute approximate surface area is 92.8 Å². The lowest BCUT2D eigenvalue weighted by Crippen LogP contribution is -2.51. The normalized spacial score (nSPS) is 16.0. The van der Waals surface area contributed by atoms with E-state index in [2.05, 4.69) is 9.80 Å². The van der Waals surface area contributed by atoms with E-state index in [0.29, 0.717) is 6.61 Å². The SMILES string of the molecule is COCC(N)C(CO)N(C)CCN(C)C. The Morgan fingerprint density at radius 3 is 2.27 bits per heavy atom. The molecule has 0 fully saturated rings. The van der Waals surface area contributed by atoms with E-state index < -0.39 is 0 Å². The molecule has 2 atom stereocenters. The van der Waals surface area contributed by atoms with Crippen LogP contribution in [0.4, 0.5) is 0 Å². The van der Waals surface area contributed by atoms with Gasteiger partial charge >= 0.3 is 0 Å². The van der Waals surface area contributed by atoms with Gasteiger partial charge in [-0.2, -0.15) is 0 Å². The average Bonchev–Trinajstić information content (AvgIpc) is 2.16. The average molecular weight is 219 g/mol. The third-order valence-electron chi connectivity index (χ3n) is 2.51. The monoisotopic (exact) mass is 219 g/mol.